The fraction of sp³-hybridized carbons (Fsp3) is 0.318. The summed E-state index contributed by atoms with van der Waals surface area (Å²) in [5, 5.41) is 5.55. The van der Waals surface area contributed by atoms with Crippen LogP contribution < -0.4 is 15.4 Å². The Morgan fingerprint density at radius 2 is 1.90 bits per heavy atom. The fourth-order valence-corrected chi connectivity index (χ4v) is 3.61. The van der Waals surface area contributed by atoms with E-state index in [1.54, 1.807) is 50.4 Å². The highest BCUT2D eigenvalue weighted by Gasteiger charge is 2.53. The first-order chi connectivity index (χ1) is 13.8. The van der Waals surface area contributed by atoms with Gasteiger partial charge in [0.15, 0.2) is 0 Å². The number of para-hydroxylation sites is 1. The van der Waals surface area contributed by atoms with E-state index >= 15 is 0 Å². The van der Waals surface area contributed by atoms with Crippen LogP contribution in [0.2, 0.25) is 0 Å². The highest BCUT2D eigenvalue weighted by atomic mass is 16.5. The number of urea groups is 1. The zero-order valence-corrected chi connectivity index (χ0v) is 17.0. The second kappa shape index (κ2) is 7.95. The third-order valence-electron chi connectivity index (χ3n) is 5.35. The van der Waals surface area contributed by atoms with Crippen molar-refractivity contribution in [2.75, 3.05) is 12.4 Å². The van der Waals surface area contributed by atoms with E-state index in [2.05, 4.69) is 10.6 Å². The van der Waals surface area contributed by atoms with Gasteiger partial charge in [-0.1, -0.05) is 31.2 Å². The summed E-state index contributed by atoms with van der Waals surface area (Å²) < 4.78 is 5.29. The monoisotopic (exact) mass is 395 g/mol. The second-order valence-electron chi connectivity index (χ2n) is 7.08. The van der Waals surface area contributed by atoms with Gasteiger partial charge in [-0.15, -0.1) is 0 Å². The molecule has 0 aliphatic carbocycles. The molecule has 1 heterocycles. The van der Waals surface area contributed by atoms with E-state index in [1.807, 2.05) is 26.0 Å². The van der Waals surface area contributed by atoms with Gasteiger partial charge >= 0.3 is 6.03 Å². The molecule has 1 fully saturated rings. The van der Waals surface area contributed by atoms with E-state index < -0.39 is 29.4 Å². The summed E-state index contributed by atoms with van der Waals surface area (Å²) in [6.45, 7) is 5.25. The number of carbonyl (C=O) groups excluding carboxylic acids is 3. The number of amides is 4. The average Bonchev–Trinajstić information content (AvgIpc) is 2.98. The van der Waals surface area contributed by atoms with Gasteiger partial charge in [-0.25, -0.2) is 9.69 Å². The van der Waals surface area contributed by atoms with Crippen molar-refractivity contribution in [3.05, 3.63) is 59.7 Å². The molecule has 0 radical (unpaired) electrons. The maximum atomic E-state index is 13.4. The van der Waals surface area contributed by atoms with E-state index in [1.165, 1.54) is 0 Å². The largest absolute Gasteiger partial charge is 0.496 e. The Labute approximate surface area is 170 Å². The van der Waals surface area contributed by atoms with Gasteiger partial charge in [0.2, 0.25) is 5.91 Å². The van der Waals surface area contributed by atoms with Crippen LogP contribution in [0.4, 0.5) is 10.5 Å². The van der Waals surface area contributed by atoms with Crippen LogP contribution in [0, 0.1) is 6.92 Å². The summed E-state index contributed by atoms with van der Waals surface area (Å²) in [6.07, 6.45) is 0.354. The molecule has 1 saturated heterocycles. The Hall–Kier alpha value is -3.35. The van der Waals surface area contributed by atoms with Crippen LogP contribution in [-0.2, 0) is 15.1 Å². The van der Waals surface area contributed by atoms with Gasteiger partial charge in [-0.2, -0.15) is 0 Å². The van der Waals surface area contributed by atoms with Crippen molar-refractivity contribution >= 4 is 23.5 Å². The molecule has 2 aromatic carbocycles. The Morgan fingerprint density at radius 3 is 2.48 bits per heavy atom. The highest BCUT2D eigenvalue weighted by molar-refractivity contribution is 6.11. The van der Waals surface area contributed by atoms with E-state index in [0.717, 1.165) is 10.5 Å². The molecule has 1 aliphatic heterocycles. The number of nitrogens with one attached hydrogen (secondary N) is 2. The maximum absolute atomic E-state index is 13.4. The van der Waals surface area contributed by atoms with E-state index in [4.69, 9.17) is 4.74 Å². The predicted molar refractivity (Wildman–Crippen MR) is 110 cm³/mol. The van der Waals surface area contributed by atoms with E-state index in [0.29, 0.717) is 23.4 Å². The minimum absolute atomic E-state index is 0.354. The number of carbonyl (C=O) groups is 3. The summed E-state index contributed by atoms with van der Waals surface area (Å²) in [7, 11) is 1.58. The van der Waals surface area contributed by atoms with Gasteiger partial charge in [0, 0.05) is 5.69 Å². The van der Waals surface area contributed by atoms with Crippen molar-refractivity contribution in [1.82, 2.24) is 10.2 Å². The number of hydrogen-bond acceptors (Lipinski definition) is 4. The lowest BCUT2D eigenvalue weighted by atomic mass is 9.86. The van der Waals surface area contributed by atoms with Crippen LogP contribution >= 0.6 is 0 Å². The first kappa shape index (κ1) is 20.4. The van der Waals surface area contributed by atoms with E-state index in [9.17, 15) is 14.4 Å². The molecule has 29 heavy (non-hydrogen) atoms. The highest BCUT2D eigenvalue weighted by Crippen LogP contribution is 2.35. The lowest BCUT2D eigenvalue weighted by molar-refractivity contribution is -0.136. The van der Waals surface area contributed by atoms with Gasteiger partial charge in [0.05, 0.1) is 7.11 Å². The molecule has 2 aromatic rings. The topological polar surface area (TPSA) is 87.7 Å². The number of hydrogen-bond donors (Lipinski definition) is 2. The zero-order chi connectivity index (χ0) is 21.2. The van der Waals surface area contributed by atoms with Gasteiger partial charge in [0.25, 0.3) is 5.91 Å². The van der Waals surface area contributed by atoms with Crippen molar-refractivity contribution in [1.29, 1.82) is 0 Å². The minimum Gasteiger partial charge on any atom is -0.496 e. The average molecular weight is 395 g/mol. The lowest BCUT2D eigenvalue weighted by Crippen LogP contribution is -2.48. The molecule has 4 amide bonds. The van der Waals surface area contributed by atoms with Gasteiger partial charge in [0.1, 0.15) is 17.3 Å². The van der Waals surface area contributed by atoms with Gasteiger partial charge < -0.3 is 15.4 Å². The Kier molecular flexibility index (Phi) is 5.59. The lowest BCUT2D eigenvalue weighted by Gasteiger charge is -2.27. The normalized spacial score (nSPS) is 19.7. The van der Waals surface area contributed by atoms with Crippen LogP contribution in [-0.4, -0.2) is 35.9 Å². The standard InChI is InChI=1S/C22H25N3O4/c1-5-22(16-11-12-18(29-4)14(2)13-16)20(27)25(21(28)24-22)15(3)19(26)23-17-9-7-6-8-10-17/h6-13,15H,5H2,1-4H3,(H,23,26)(H,24,28). The number of ether oxygens (including phenoxy) is 1. The first-order valence-corrected chi connectivity index (χ1v) is 9.51. The number of nitrogens with zero attached hydrogens (tertiary/aromatic N) is 1. The van der Waals surface area contributed by atoms with Crippen molar-refractivity contribution in [2.24, 2.45) is 0 Å². The third-order valence-corrected chi connectivity index (χ3v) is 5.35. The summed E-state index contributed by atoms with van der Waals surface area (Å²) in [6, 6.07) is 12.7. The van der Waals surface area contributed by atoms with Crippen molar-refractivity contribution in [3.63, 3.8) is 0 Å². The minimum atomic E-state index is -1.21. The van der Waals surface area contributed by atoms with Crippen molar-refractivity contribution in [3.8, 4) is 5.75 Å². The molecule has 0 aromatic heterocycles. The molecule has 7 nitrogen and oxygen atoms in total. The molecule has 2 unspecified atom stereocenters. The number of aryl methyl sites for hydroxylation is 1. The maximum Gasteiger partial charge on any atom is 0.326 e. The summed E-state index contributed by atoms with van der Waals surface area (Å²) in [4.78, 5) is 39.8. The molecule has 3 rings (SSSR count). The zero-order valence-electron chi connectivity index (χ0n) is 17.0. The SMILES string of the molecule is CCC1(c2ccc(OC)c(C)c2)NC(=O)N(C(C)C(=O)Nc2ccccc2)C1=O. The first-order valence-electron chi connectivity index (χ1n) is 9.51. The van der Waals surface area contributed by atoms with Crippen LogP contribution in [0.1, 0.15) is 31.4 Å². The molecule has 1 aliphatic rings. The van der Waals surface area contributed by atoms with Crippen LogP contribution in [0.25, 0.3) is 0 Å². The predicted octanol–water partition coefficient (Wildman–Crippen LogP) is 3.19. The van der Waals surface area contributed by atoms with E-state index in [-0.39, 0.29) is 0 Å². The molecule has 0 bridgehead atoms. The fourth-order valence-electron chi connectivity index (χ4n) is 3.61. The van der Waals surface area contributed by atoms with Crippen molar-refractivity contribution in [2.45, 2.75) is 38.8 Å². The van der Waals surface area contributed by atoms with Crippen molar-refractivity contribution < 1.29 is 19.1 Å². The number of methoxy groups -OCH3 is 1. The summed E-state index contributed by atoms with van der Waals surface area (Å²) >= 11 is 0. The number of rotatable bonds is 6. The molecular formula is C22H25N3O4. The molecule has 0 spiro atoms. The quantitative estimate of drug-likeness (QED) is 0.736. The van der Waals surface area contributed by atoms with Gasteiger partial charge in [-0.05, 0) is 55.7 Å². The number of benzene rings is 2. The molecule has 2 N–H and O–H groups in total. The molecule has 0 saturated carbocycles. The van der Waals surface area contributed by atoms with Gasteiger partial charge in [-0.3, -0.25) is 9.59 Å². The van der Waals surface area contributed by atoms with Crippen LogP contribution in [0.3, 0.4) is 0 Å². The molecular weight excluding hydrogens is 370 g/mol. The Morgan fingerprint density at radius 1 is 1.21 bits per heavy atom. The summed E-state index contributed by atoms with van der Waals surface area (Å²) in [5.74, 6) is -0.174. The molecule has 152 valence electrons. The number of imide groups is 1. The van der Waals surface area contributed by atoms with Crippen LogP contribution in [0.15, 0.2) is 48.5 Å². The summed E-state index contributed by atoms with van der Waals surface area (Å²) in [5.41, 5.74) is 0.905. The number of anilines is 1. The molecule has 7 heteroatoms. The Balaban J connectivity index is 1.89. The second-order valence-corrected chi connectivity index (χ2v) is 7.08. The van der Waals surface area contributed by atoms with Crippen LogP contribution in [0.5, 0.6) is 5.75 Å². The molecule has 2 atom stereocenters. The Bertz CT molecular complexity index is 944. The smallest absolute Gasteiger partial charge is 0.326 e. The third kappa shape index (κ3) is 3.55.